The Balaban J connectivity index is 0.00000484. The van der Waals surface area contributed by atoms with Gasteiger partial charge in [-0.2, -0.15) is 25.3 Å². The molecule has 0 heterocycles. The zero-order valence-electron chi connectivity index (χ0n) is 12.5. The summed E-state index contributed by atoms with van der Waals surface area (Å²) in [7, 11) is -10.7. The summed E-state index contributed by atoms with van der Waals surface area (Å²) in [6.07, 6.45) is 0. The van der Waals surface area contributed by atoms with Crippen molar-refractivity contribution in [3.63, 3.8) is 0 Å². The Morgan fingerprint density at radius 1 is 0.739 bits per heavy atom. The van der Waals surface area contributed by atoms with Crippen molar-refractivity contribution in [3.8, 4) is 0 Å². The van der Waals surface area contributed by atoms with Crippen LogP contribution in [0.15, 0.2) is 31.7 Å². The van der Waals surface area contributed by atoms with E-state index >= 15 is 0 Å². The maximum absolute atomic E-state index is 11.8. The van der Waals surface area contributed by atoms with Crippen LogP contribution in [-0.4, -0.2) is 76.1 Å². The summed E-state index contributed by atoms with van der Waals surface area (Å²) in [4.78, 5) is -2.77. The van der Waals surface area contributed by atoms with Crippen LogP contribution in [0, 0.1) is 0 Å². The van der Waals surface area contributed by atoms with Gasteiger partial charge in [0, 0.05) is 34.5 Å². The summed E-state index contributed by atoms with van der Waals surface area (Å²) in [5, 5.41) is 0. The summed E-state index contributed by atoms with van der Waals surface area (Å²) in [5.41, 5.74) is 0. The van der Waals surface area contributed by atoms with Crippen LogP contribution in [0.5, 0.6) is 0 Å². The van der Waals surface area contributed by atoms with Gasteiger partial charge in [-0.25, -0.2) is 0 Å². The van der Waals surface area contributed by atoms with Crippen LogP contribution in [-0.2, 0) is 42.9 Å². The van der Waals surface area contributed by atoms with Gasteiger partial charge in [-0.3, -0.25) is 12.5 Å². The molecule has 1 aromatic carbocycles. The first-order valence-corrected chi connectivity index (χ1v) is 9.89. The number of thiol groups is 1. The average molecular weight is 415 g/mol. The molecule has 0 amide bonds. The van der Waals surface area contributed by atoms with E-state index in [9.17, 15) is 25.3 Å². The average Bonchev–Trinajstić information content (AvgIpc) is 2.46. The van der Waals surface area contributed by atoms with E-state index in [1.165, 1.54) is 0 Å². The molecule has 0 aliphatic carbocycles. The second-order valence-corrected chi connectivity index (χ2v) is 9.15. The zero-order chi connectivity index (χ0) is 17.3. The Hall–Kier alpha value is 0.300. The Morgan fingerprint density at radius 2 is 1.04 bits per heavy atom. The van der Waals surface area contributed by atoms with Crippen molar-refractivity contribution in [2.75, 3.05) is 21.3 Å². The Morgan fingerprint density at radius 3 is 1.30 bits per heavy atom. The van der Waals surface area contributed by atoms with Crippen molar-refractivity contribution in [3.05, 3.63) is 12.1 Å². The van der Waals surface area contributed by atoms with E-state index in [2.05, 4.69) is 25.2 Å². The largest absolute Gasteiger partial charge is 0.297 e. The van der Waals surface area contributed by atoms with E-state index in [-0.39, 0.29) is 29.6 Å². The molecule has 0 unspecified atom stereocenters. The van der Waals surface area contributed by atoms with Gasteiger partial charge in [0.1, 0.15) is 9.79 Å². The molecule has 14 heteroatoms. The molecule has 0 atom stereocenters. The molecule has 0 saturated carbocycles. The second kappa shape index (κ2) is 8.12. The van der Waals surface area contributed by atoms with Crippen molar-refractivity contribution < 1.29 is 37.8 Å². The van der Waals surface area contributed by atoms with Crippen molar-refractivity contribution in [2.24, 2.45) is 0 Å². The van der Waals surface area contributed by atoms with E-state index in [1.54, 1.807) is 0 Å². The van der Waals surface area contributed by atoms with Gasteiger partial charge in [0.15, 0.2) is 0 Å². The summed E-state index contributed by atoms with van der Waals surface area (Å²) in [6, 6.07) is 1.35. The predicted octanol–water partition coefficient (Wildman–Crippen LogP) is -0.400. The first-order valence-electron chi connectivity index (χ1n) is 5.22. The zero-order valence-corrected chi connectivity index (χ0v) is 17.8. The molecule has 23 heavy (non-hydrogen) atoms. The molecule has 127 valence electrons. The third-order valence-corrected chi connectivity index (χ3v) is 7.13. The molecule has 0 aliphatic rings. The van der Waals surface area contributed by atoms with Gasteiger partial charge < -0.3 is 0 Å². The van der Waals surface area contributed by atoms with E-state index in [0.717, 1.165) is 21.3 Å². The monoisotopic (exact) mass is 415 g/mol. The van der Waals surface area contributed by atoms with Crippen LogP contribution in [0.3, 0.4) is 0 Å². The SMILES string of the molecule is COS(=O)(=O)c1cc(S(=O)(=O)OC)c(S)c(S(=O)(=O)OC)c1.[Na]. The summed E-state index contributed by atoms with van der Waals surface area (Å²) < 4.78 is 83.5. The molecule has 0 bridgehead atoms. The first-order chi connectivity index (χ1) is 9.93. The van der Waals surface area contributed by atoms with Crippen LogP contribution < -0.4 is 0 Å². The Labute approximate surface area is 162 Å². The summed E-state index contributed by atoms with van der Waals surface area (Å²) in [6.45, 7) is 0. The second-order valence-electron chi connectivity index (χ2n) is 3.63. The number of hydrogen-bond donors (Lipinski definition) is 1. The molecule has 9 nitrogen and oxygen atoms in total. The standard InChI is InChI=1S/C9H12O9S4.Na/c1-16-20(10,11)6-4-7(21(12,13)17-2)9(19)8(5-6)22(14,15)18-3;/h4-5,19H,1-3H3;. The maximum atomic E-state index is 11.8. The summed E-state index contributed by atoms with van der Waals surface area (Å²) >= 11 is 3.82. The Bertz CT molecular complexity index is 832. The fourth-order valence-electron chi connectivity index (χ4n) is 1.36. The maximum Gasteiger partial charge on any atom is 0.297 e. The molecule has 0 aliphatic heterocycles. The van der Waals surface area contributed by atoms with Crippen LogP contribution in [0.25, 0.3) is 0 Å². The number of rotatable bonds is 6. The molecule has 0 fully saturated rings. The third kappa shape index (κ3) is 4.90. The minimum absolute atomic E-state index is 0. The van der Waals surface area contributed by atoms with Crippen molar-refractivity contribution in [1.82, 2.24) is 0 Å². The summed E-state index contributed by atoms with van der Waals surface area (Å²) in [5.74, 6) is 0. The molecular weight excluding hydrogens is 403 g/mol. The van der Waals surface area contributed by atoms with Gasteiger partial charge in [-0.1, -0.05) is 0 Å². The van der Waals surface area contributed by atoms with Crippen molar-refractivity contribution in [1.29, 1.82) is 0 Å². The molecule has 1 rings (SSSR count). The van der Waals surface area contributed by atoms with Crippen LogP contribution in [0.4, 0.5) is 0 Å². The third-order valence-electron chi connectivity index (χ3n) is 2.50. The van der Waals surface area contributed by atoms with Crippen LogP contribution >= 0.6 is 12.6 Å². The molecule has 0 N–H and O–H groups in total. The van der Waals surface area contributed by atoms with E-state index < -0.39 is 49.9 Å². The minimum atomic E-state index is -4.43. The van der Waals surface area contributed by atoms with E-state index in [4.69, 9.17) is 0 Å². The number of benzene rings is 1. The fourth-order valence-corrected chi connectivity index (χ4v) is 4.69. The van der Waals surface area contributed by atoms with Gasteiger partial charge >= 0.3 is 0 Å². The molecule has 1 aromatic rings. The van der Waals surface area contributed by atoms with Crippen molar-refractivity contribution in [2.45, 2.75) is 19.6 Å². The molecule has 0 spiro atoms. The van der Waals surface area contributed by atoms with Gasteiger partial charge in [0.25, 0.3) is 30.4 Å². The van der Waals surface area contributed by atoms with Crippen LogP contribution in [0.2, 0.25) is 0 Å². The van der Waals surface area contributed by atoms with Gasteiger partial charge in [0.2, 0.25) is 0 Å². The number of hydrogen-bond acceptors (Lipinski definition) is 10. The van der Waals surface area contributed by atoms with Gasteiger partial charge in [0.05, 0.1) is 26.2 Å². The minimum Gasteiger partial charge on any atom is -0.270 e. The van der Waals surface area contributed by atoms with Crippen LogP contribution in [0.1, 0.15) is 0 Å². The predicted molar refractivity (Wildman–Crippen MR) is 82.0 cm³/mol. The quantitative estimate of drug-likeness (QED) is 0.375. The normalized spacial score (nSPS) is 12.7. The molecule has 1 radical (unpaired) electrons. The smallest absolute Gasteiger partial charge is 0.270 e. The fraction of sp³-hybridized carbons (Fsp3) is 0.333. The molecule has 0 saturated heterocycles. The molecular formula is C9H12NaO9S4. The van der Waals surface area contributed by atoms with Crippen molar-refractivity contribution >= 4 is 72.5 Å². The van der Waals surface area contributed by atoms with E-state index in [0.29, 0.717) is 12.1 Å². The Kier molecular flexibility index (Phi) is 8.23. The van der Waals surface area contributed by atoms with Gasteiger partial charge in [-0.05, 0) is 12.1 Å². The van der Waals surface area contributed by atoms with E-state index in [1.807, 2.05) is 0 Å². The first kappa shape index (κ1) is 23.3. The topological polar surface area (TPSA) is 130 Å². The van der Waals surface area contributed by atoms with Gasteiger partial charge in [-0.15, -0.1) is 12.6 Å². The molecule has 0 aromatic heterocycles.